The van der Waals surface area contributed by atoms with Crippen LogP contribution < -0.4 is 0 Å². The molecule has 0 spiro atoms. The van der Waals surface area contributed by atoms with Crippen LogP contribution in [-0.4, -0.2) is 26.9 Å². The molecule has 1 aliphatic carbocycles. The normalized spacial score (nSPS) is 31.3. The molecule has 1 aliphatic heterocycles. The van der Waals surface area contributed by atoms with Crippen LogP contribution in [0.25, 0.3) is 0 Å². The molecule has 1 aromatic carbocycles. The first-order valence-electron chi connectivity index (χ1n) is 5.67. The first kappa shape index (κ1) is 12.0. The van der Waals surface area contributed by atoms with Crippen LogP contribution in [0.1, 0.15) is 5.56 Å². The summed E-state index contributed by atoms with van der Waals surface area (Å²) in [6, 6.07) is 9.14. The number of carboxylic acid groups (broad SMARTS) is 2. The van der Waals surface area contributed by atoms with E-state index in [1.54, 1.807) is 12.2 Å². The first-order chi connectivity index (χ1) is 9.04. The number of benzene rings is 1. The molecule has 2 N–H and O–H groups in total. The second-order valence-electron chi connectivity index (χ2n) is 4.43. The van der Waals surface area contributed by atoms with E-state index in [1.807, 2.05) is 30.3 Å². The maximum atomic E-state index is 11.7. The summed E-state index contributed by atoms with van der Waals surface area (Å²) >= 11 is 1.16. The van der Waals surface area contributed by atoms with E-state index >= 15 is 0 Å². The Labute approximate surface area is 113 Å². The van der Waals surface area contributed by atoms with Crippen LogP contribution in [0.5, 0.6) is 0 Å². The average molecular weight is 274 g/mol. The summed E-state index contributed by atoms with van der Waals surface area (Å²) in [5.41, 5.74) is 0.738. The number of fused-ring (bicyclic) bond motifs is 1. The van der Waals surface area contributed by atoms with Gasteiger partial charge in [-0.2, -0.15) is 0 Å². The van der Waals surface area contributed by atoms with Crippen molar-refractivity contribution in [3.63, 3.8) is 0 Å². The Morgan fingerprint density at radius 2 is 1.79 bits per heavy atom. The SMILES string of the molecule is O=C(O)C1=CC=CC2(c3ccccc3)SC12C(=O)O. The van der Waals surface area contributed by atoms with Crippen molar-refractivity contribution in [3.8, 4) is 0 Å². The average Bonchev–Trinajstić information content (AvgIpc) is 3.11. The fourth-order valence-corrected chi connectivity index (χ4v) is 4.17. The van der Waals surface area contributed by atoms with Gasteiger partial charge in [-0.15, -0.1) is 11.8 Å². The van der Waals surface area contributed by atoms with E-state index in [2.05, 4.69) is 0 Å². The summed E-state index contributed by atoms with van der Waals surface area (Å²) < 4.78 is -2.21. The van der Waals surface area contributed by atoms with Gasteiger partial charge >= 0.3 is 11.9 Å². The Kier molecular flexibility index (Phi) is 2.37. The van der Waals surface area contributed by atoms with Crippen molar-refractivity contribution in [2.75, 3.05) is 0 Å². The lowest BCUT2D eigenvalue weighted by molar-refractivity contribution is -0.141. The molecule has 4 nitrogen and oxygen atoms in total. The molecule has 2 atom stereocenters. The molecule has 1 aromatic rings. The standard InChI is InChI=1S/C14H10O4S/c15-11(16)10-7-4-8-13(9-5-2-1-3-6-9)14(10,19-13)12(17)18/h1-8H,(H,15,16)(H,17,18). The molecule has 3 rings (SSSR count). The first-order valence-corrected chi connectivity index (χ1v) is 6.48. The highest BCUT2D eigenvalue weighted by Gasteiger charge is 2.77. The molecule has 0 amide bonds. The Bertz CT molecular complexity index is 634. The smallest absolute Gasteiger partial charge is 0.333 e. The van der Waals surface area contributed by atoms with Crippen molar-refractivity contribution in [1.82, 2.24) is 0 Å². The molecule has 2 unspecified atom stereocenters. The molecule has 0 aromatic heterocycles. The Balaban J connectivity index is 2.18. The Morgan fingerprint density at radius 3 is 2.37 bits per heavy atom. The monoisotopic (exact) mass is 274 g/mol. The lowest BCUT2D eigenvalue weighted by atomic mass is 9.78. The molecule has 2 aliphatic rings. The van der Waals surface area contributed by atoms with Gasteiger partial charge in [-0.1, -0.05) is 42.5 Å². The predicted molar refractivity (Wildman–Crippen MR) is 70.9 cm³/mol. The zero-order valence-electron chi connectivity index (χ0n) is 9.74. The van der Waals surface area contributed by atoms with Gasteiger partial charge in [0.1, 0.15) is 0 Å². The summed E-state index contributed by atoms with van der Waals surface area (Å²) in [6.45, 7) is 0. The summed E-state index contributed by atoms with van der Waals surface area (Å²) in [6.07, 6.45) is 4.77. The highest BCUT2D eigenvalue weighted by Crippen LogP contribution is 2.75. The van der Waals surface area contributed by atoms with E-state index in [0.717, 1.165) is 17.3 Å². The second kappa shape index (κ2) is 3.74. The Hall–Kier alpha value is -2.01. The zero-order valence-corrected chi connectivity index (χ0v) is 10.6. The van der Waals surface area contributed by atoms with Crippen molar-refractivity contribution in [2.45, 2.75) is 9.49 Å². The van der Waals surface area contributed by atoms with Crippen LogP contribution >= 0.6 is 11.8 Å². The number of carboxylic acids is 2. The molecule has 1 heterocycles. The predicted octanol–water partition coefficient (Wildman–Crippen LogP) is 2.03. The number of hydrogen-bond donors (Lipinski definition) is 2. The molecule has 0 bridgehead atoms. The third-order valence-corrected chi connectivity index (χ3v) is 5.32. The van der Waals surface area contributed by atoms with Crippen molar-refractivity contribution < 1.29 is 19.8 Å². The van der Waals surface area contributed by atoms with Gasteiger partial charge in [-0.05, 0) is 11.6 Å². The molecule has 1 fully saturated rings. The van der Waals surface area contributed by atoms with Gasteiger partial charge < -0.3 is 10.2 Å². The largest absolute Gasteiger partial charge is 0.480 e. The van der Waals surface area contributed by atoms with Crippen molar-refractivity contribution in [1.29, 1.82) is 0 Å². The maximum Gasteiger partial charge on any atom is 0.333 e. The van der Waals surface area contributed by atoms with Crippen LogP contribution in [0.15, 0.2) is 54.1 Å². The maximum absolute atomic E-state index is 11.7. The zero-order chi connectivity index (χ0) is 13.7. The molecular weight excluding hydrogens is 264 g/mol. The van der Waals surface area contributed by atoms with Crippen LogP contribution in [0.4, 0.5) is 0 Å². The number of carbonyl (C=O) groups is 2. The van der Waals surface area contributed by atoms with E-state index in [4.69, 9.17) is 0 Å². The molecule has 0 radical (unpaired) electrons. The van der Waals surface area contributed by atoms with E-state index in [9.17, 15) is 19.8 Å². The molecular formula is C14H10O4S. The minimum absolute atomic E-state index is 0.0728. The van der Waals surface area contributed by atoms with Gasteiger partial charge in [-0.3, -0.25) is 4.79 Å². The van der Waals surface area contributed by atoms with Crippen LogP contribution in [0.2, 0.25) is 0 Å². The van der Waals surface area contributed by atoms with Gasteiger partial charge in [0, 0.05) is 0 Å². The van der Waals surface area contributed by atoms with E-state index < -0.39 is 21.4 Å². The fourth-order valence-electron chi connectivity index (χ4n) is 2.60. The summed E-state index contributed by atoms with van der Waals surface area (Å²) in [5.74, 6) is -2.29. The number of thioether (sulfide) groups is 1. The second-order valence-corrected chi connectivity index (χ2v) is 5.90. The molecule has 0 saturated carbocycles. The van der Waals surface area contributed by atoms with Crippen molar-refractivity contribution in [2.24, 2.45) is 0 Å². The van der Waals surface area contributed by atoms with Gasteiger partial charge in [0.05, 0.1) is 10.3 Å². The molecule has 1 saturated heterocycles. The lowest BCUT2D eigenvalue weighted by Crippen LogP contribution is -2.37. The minimum Gasteiger partial charge on any atom is -0.480 e. The highest BCUT2D eigenvalue weighted by molar-refractivity contribution is 8.10. The van der Waals surface area contributed by atoms with Crippen LogP contribution in [-0.2, 0) is 14.3 Å². The van der Waals surface area contributed by atoms with Crippen LogP contribution in [0.3, 0.4) is 0 Å². The van der Waals surface area contributed by atoms with Crippen LogP contribution in [0, 0.1) is 0 Å². The minimum atomic E-state index is -1.41. The lowest BCUT2D eigenvalue weighted by Gasteiger charge is -2.21. The number of hydrogen-bond acceptors (Lipinski definition) is 3. The van der Waals surface area contributed by atoms with E-state index in [0.29, 0.717) is 0 Å². The molecule has 5 heteroatoms. The summed E-state index contributed by atoms with van der Waals surface area (Å²) in [4.78, 5) is 22.9. The van der Waals surface area contributed by atoms with E-state index in [-0.39, 0.29) is 5.57 Å². The van der Waals surface area contributed by atoms with Crippen molar-refractivity contribution in [3.05, 3.63) is 59.7 Å². The Morgan fingerprint density at radius 1 is 1.11 bits per heavy atom. The number of aliphatic carboxylic acids is 2. The fraction of sp³-hybridized carbons (Fsp3) is 0.143. The highest BCUT2D eigenvalue weighted by atomic mass is 32.2. The van der Waals surface area contributed by atoms with Gasteiger partial charge in [0.15, 0.2) is 4.75 Å². The molecule has 96 valence electrons. The quantitative estimate of drug-likeness (QED) is 0.825. The van der Waals surface area contributed by atoms with Gasteiger partial charge in [0.2, 0.25) is 0 Å². The van der Waals surface area contributed by atoms with Gasteiger partial charge in [0.25, 0.3) is 0 Å². The number of allylic oxidation sites excluding steroid dienone is 2. The summed E-state index contributed by atoms with van der Waals surface area (Å²) in [5, 5.41) is 18.8. The van der Waals surface area contributed by atoms with E-state index in [1.165, 1.54) is 6.08 Å². The van der Waals surface area contributed by atoms with Crippen molar-refractivity contribution >= 4 is 23.7 Å². The van der Waals surface area contributed by atoms with Gasteiger partial charge in [-0.25, -0.2) is 4.79 Å². The third kappa shape index (κ3) is 1.36. The topological polar surface area (TPSA) is 74.6 Å². The molecule has 19 heavy (non-hydrogen) atoms. The number of rotatable bonds is 3. The summed E-state index contributed by atoms with van der Waals surface area (Å²) in [7, 11) is 0. The third-order valence-electron chi connectivity index (χ3n) is 3.50.